The predicted octanol–water partition coefficient (Wildman–Crippen LogP) is 5.38. The van der Waals surface area contributed by atoms with E-state index in [9.17, 15) is 14.4 Å². The second kappa shape index (κ2) is 8.26. The van der Waals surface area contributed by atoms with Gasteiger partial charge in [0.05, 0.1) is 27.0 Å². The van der Waals surface area contributed by atoms with Gasteiger partial charge in [-0.2, -0.15) is 0 Å². The largest absolute Gasteiger partial charge is 0.272 e. The van der Waals surface area contributed by atoms with Crippen LogP contribution in [0.25, 0.3) is 10.2 Å². The fourth-order valence-electron chi connectivity index (χ4n) is 4.07. The number of benzene rings is 3. The molecule has 0 bridgehead atoms. The molecular formula is C26H21N3O3S. The molecule has 6 nitrogen and oxygen atoms in total. The van der Waals surface area contributed by atoms with Crippen molar-refractivity contribution < 1.29 is 14.4 Å². The number of thiazole rings is 1. The Kier molecular flexibility index (Phi) is 5.26. The molecule has 1 aliphatic heterocycles. The minimum absolute atomic E-state index is 0.158. The van der Waals surface area contributed by atoms with Gasteiger partial charge in [-0.25, -0.2) is 4.98 Å². The summed E-state index contributed by atoms with van der Waals surface area (Å²) in [4.78, 5) is 46.8. The molecule has 164 valence electrons. The number of rotatable bonds is 5. The SMILES string of the molecule is CC(C)c1ccccc1N(C(=O)CN1C(=O)c2ccccc2C1=O)c1nc2ccccc2s1. The van der Waals surface area contributed by atoms with Crippen LogP contribution in [0.5, 0.6) is 0 Å². The number of para-hydroxylation sites is 2. The maximum absolute atomic E-state index is 13.7. The molecule has 0 spiro atoms. The molecule has 0 radical (unpaired) electrons. The van der Waals surface area contributed by atoms with Gasteiger partial charge in [0.15, 0.2) is 5.13 Å². The van der Waals surface area contributed by atoms with Gasteiger partial charge in [-0.1, -0.05) is 67.6 Å². The molecule has 1 aromatic heterocycles. The van der Waals surface area contributed by atoms with Crippen LogP contribution in [-0.2, 0) is 4.79 Å². The minimum Gasteiger partial charge on any atom is -0.272 e. The molecule has 4 aromatic rings. The van der Waals surface area contributed by atoms with Crippen molar-refractivity contribution in [3.63, 3.8) is 0 Å². The molecule has 0 aliphatic carbocycles. The van der Waals surface area contributed by atoms with Gasteiger partial charge in [0.25, 0.3) is 17.7 Å². The van der Waals surface area contributed by atoms with Crippen LogP contribution in [-0.4, -0.2) is 34.2 Å². The Labute approximate surface area is 195 Å². The molecule has 1 aliphatic rings. The quantitative estimate of drug-likeness (QED) is 0.379. The number of anilines is 2. The maximum atomic E-state index is 13.7. The summed E-state index contributed by atoms with van der Waals surface area (Å²) in [6.07, 6.45) is 0. The van der Waals surface area contributed by atoms with Crippen molar-refractivity contribution in [2.75, 3.05) is 11.4 Å². The number of hydrogen-bond donors (Lipinski definition) is 0. The molecule has 0 unspecified atom stereocenters. The Balaban J connectivity index is 1.57. The summed E-state index contributed by atoms with van der Waals surface area (Å²) >= 11 is 1.40. The van der Waals surface area contributed by atoms with Crippen LogP contribution in [0.4, 0.5) is 10.8 Å². The van der Waals surface area contributed by atoms with Crippen molar-refractivity contribution >= 4 is 50.1 Å². The number of fused-ring (bicyclic) bond motifs is 2. The van der Waals surface area contributed by atoms with Crippen LogP contribution in [0.2, 0.25) is 0 Å². The zero-order valence-corrected chi connectivity index (χ0v) is 19.0. The Hall–Kier alpha value is -3.84. The number of carbonyl (C=O) groups is 3. The summed E-state index contributed by atoms with van der Waals surface area (Å²) < 4.78 is 0.952. The van der Waals surface area contributed by atoms with E-state index in [2.05, 4.69) is 13.8 Å². The van der Waals surface area contributed by atoms with Gasteiger partial charge in [-0.15, -0.1) is 0 Å². The second-order valence-electron chi connectivity index (χ2n) is 8.15. The molecule has 2 heterocycles. The highest BCUT2D eigenvalue weighted by molar-refractivity contribution is 7.22. The molecule has 0 fully saturated rings. The lowest BCUT2D eigenvalue weighted by atomic mass is 10.0. The molecule has 3 amide bonds. The van der Waals surface area contributed by atoms with Gasteiger partial charge in [0.1, 0.15) is 6.54 Å². The maximum Gasteiger partial charge on any atom is 0.262 e. The lowest BCUT2D eigenvalue weighted by molar-refractivity contribution is -0.118. The average Bonchev–Trinajstić information content (AvgIpc) is 3.34. The number of amides is 3. The van der Waals surface area contributed by atoms with Gasteiger partial charge < -0.3 is 0 Å². The first-order chi connectivity index (χ1) is 16.0. The fourth-order valence-corrected chi connectivity index (χ4v) is 5.06. The number of hydrogen-bond acceptors (Lipinski definition) is 5. The third-order valence-corrected chi connectivity index (χ3v) is 6.72. The Morgan fingerprint density at radius 2 is 1.52 bits per heavy atom. The monoisotopic (exact) mass is 455 g/mol. The third kappa shape index (κ3) is 3.60. The van der Waals surface area contributed by atoms with E-state index in [4.69, 9.17) is 4.98 Å². The van der Waals surface area contributed by atoms with E-state index in [1.54, 1.807) is 29.2 Å². The summed E-state index contributed by atoms with van der Waals surface area (Å²) in [7, 11) is 0. The highest BCUT2D eigenvalue weighted by atomic mass is 32.1. The Bertz CT molecular complexity index is 1340. The van der Waals surface area contributed by atoms with E-state index in [-0.39, 0.29) is 12.5 Å². The Morgan fingerprint density at radius 3 is 2.18 bits per heavy atom. The molecule has 33 heavy (non-hydrogen) atoms. The first-order valence-corrected chi connectivity index (χ1v) is 11.5. The highest BCUT2D eigenvalue weighted by Crippen LogP contribution is 2.37. The van der Waals surface area contributed by atoms with E-state index in [1.165, 1.54) is 11.3 Å². The summed E-state index contributed by atoms with van der Waals surface area (Å²) in [5, 5.41) is 0.505. The van der Waals surface area contributed by atoms with Crippen molar-refractivity contribution in [2.45, 2.75) is 19.8 Å². The van der Waals surface area contributed by atoms with Crippen LogP contribution in [0.15, 0.2) is 72.8 Å². The van der Waals surface area contributed by atoms with Gasteiger partial charge in [0, 0.05) is 0 Å². The van der Waals surface area contributed by atoms with Gasteiger partial charge >= 0.3 is 0 Å². The molecule has 3 aromatic carbocycles. The second-order valence-corrected chi connectivity index (χ2v) is 9.16. The van der Waals surface area contributed by atoms with Crippen molar-refractivity contribution in [1.82, 2.24) is 9.88 Å². The van der Waals surface area contributed by atoms with E-state index in [0.717, 1.165) is 20.7 Å². The third-order valence-electron chi connectivity index (χ3n) is 5.69. The van der Waals surface area contributed by atoms with Gasteiger partial charge in [-0.3, -0.25) is 24.2 Å². The van der Waals surface area contributed by atoms with Crippen molar-refractivity contribution in [2.24, 2.45) is 0 Å². The average molecular weight is 456 g/mol. The topological polar surface area (TPSA) is 70.6 Å². The molecule has 0 N–H and O–H groups in total. The lowest BCUT2D eigenvalue weighted by Gasteiger charge is -2.26. The van der Waals surface area contributed by atoms with E-state index in [1.807, 2.05) is 48.5 Å². The number of imide groups is 1. The molecule has 0 saturated heterocycles. The zero-order valence-electron chi connectivity index (χ0n) is 18.2. The molecule has 0 atom stereocenters. The molecule has 7 heteroatoms. The fraction of sp³-hybridized carbons (Fsp3) is 0.154. The van der Waals surface area contributed by atoms with Crippen LogP contribution >= 0.6 is 11.3 Å². The number of aromatic nitrogens is 1. The smallest absolute Gasteiger partial charge is 0.262 e. The van der Waals surface area contributed by atoms with E-state index < -0.39 is 17.7 Å². The lowest BCUT2D eigenvalue weighted by Crippen LogP contribution is -2.41. The normalized spacial score (nSPS) is 13.1. The number of carbonyl (C=O) groups excluding carboxylic acids is 3. The van der Waals surface area contributed by atoms with Crippen molar-refractivity contribution in [1.29, 1.82) is 0 Å². The summed E-state index contributed by atoms with van der Waals surface area (Å²) in [6.45, 7) is 3.75. The van der Waals surface area contributed by atoms with Gasteiger partial charge in [0.2, 0.25) is 0 Å². The standard InChI is InChI=1S/C26H21N3O3S/c1-16(2)17-9-5-7-13-21(17)29(26-27-20-12-6-8-14-22(20)33-26)23(30)15-28-24(31)18-10-3-4-11-19(18)25(28)32/h3-14,16H,15H2,1-2H3. The van der Waals surface area contributed by atoms with Crippen molar-refractivity contribution in [3.05, 3.63) is 89.5 Å². The number of nitrogens with zero attached hydrogens (tertiary/aromatic N) is 3. The molecule has 0 saturated carbocycles. The van der Waals surface area contributed by atoms with Crippen LogP contribution < -0.4 is 4.90 Å². The molecular weight excluding hydrogens is 434 g/mol. The summed E-state index contributed by atoms with van der Waals surface area (Å²) in [5.41, 5.74) is 3.12. The first kappa shape index (κ1) is 21.0. The van der Waals surface area contributed by atoms with Crippen LogP contribution in [0.1, 0.15) is 46.0 Å². The van der Waals surface area contributed by atoms with E-state index in [0.29, 0.717) is 21.9 Å². The summed E-state index contributed by atoms with van der Waals surface area (Å²) in [5.74, 6) is -1.14. The Morgan fingerprint density at radius 1 is 0.909 bits per heavy atom. The van der Waals surface area contributed by atoms with E-state index >= 15 is 0 Å². The van der Waals surface area contributed by atoms with Crippen LogP contribution in [0, 0.1) is 0 Å². The predicted molar refractivity (Wildman–Crippen MR) is 129 cm³/mol. The highest BCUT2D eigenvalue weighted by Gasteiger charge is 2.38. The summed E-state index contributed by atoms with van der Waals surface area (Å²) in [6, 6.07) is 22.0. The zero-order chi connectivity index (χ0) is 23.1. The minimum atomic E-state index is -0.453. The molecule has 5 rings (SSSR count). The van der Waals surface area contributed by atoms with Crippen LogP contribution in [0.3, 0.4) is 0 Å². The van der Waals surface area contributed by atoms with Crippen molar-refractivity contribution in [3.8, 4) is 0 Å². The van der Waals surface area contributed by atoms with Gasteiger partial charge in [-0.05, 0) is 41.8 Å². The first-order valence-electron chi connectivity index (χ1n) is 10.7.